The van der Waals surface area contributed by atoms with Crippen LogP contribution in [-0.4, -0.2) is 19.3 Å². The summed E-state index contributed by atoms with van der Waals surface area (Å²) in [4.78, 5) is 0. The van der Waals surface area contributed by atoms with E-state index in [-0.39, 0.29) is 0 Å². The van der Waals surface area contributed by atoms with Crippen LogP contribution in [0.25, 0.3) is 10.8 Å². The fourth-order valence-electron chi connectivity index (χ4n) is 2.62. The molecule has 2 aromatic rings. The van der Waals surface area contributed by atoms with Crippen LogP contribution >= 0.6 is 0 Å². The van der Waals surface area contributed by atoms with Gasteiger partial charge in [0.05, 0.1) is 6.10 Å². The second-order valence-corrected chi connectivity index (χ2v) is 4.90. The molecular weight excluding hydrogens is 222 g/mol. The third-order valence-corrected chi connectivity index (χ3v) is 3.59. The third-order valence-electron chi connectivity index (χ3n) is 3.59. The second kappa shape index (κ2) is 5.51. The molecule has 1 aliphatic heterocycles. The Kier molecular flexibility index (Phi) is 3.58. The second-order valence-electron chi connectivity index (χ2n) is 4.90. The maximum absolute atomic E-state index is 5.62. The van der Waals surface area contributed by atoms with E-state index in [1.807, 2.05) is 0 Å². The number of hydrogen-bond acceptors (Lipinski definition) is 2. The van der Waals surface area contributed by atoms with Gasteiger partial charge >= 0.3 is 0 Å². The predicted molar refractivity (Wildman–Crippen MR) is 74.6 cm³/mol. The van der Waals surface area contributed by atoms with E-state index < -0.39 is 0 Å². The zero-order valence-electron chi connectivity index (χ0n) is 10.6. The van der Waals surface area contributed by atoms with Crippen molar-refractivity contribution in [2.45, 2.75) is 25.5 Å². The molecule has 2 aromatic carbocycles. The van der Waals surface area contributed by atoms with Crippen LogP contribution in [-0.2, 0) is 11.3 Å². The maximum Gasteiger partial charge on any atom is 0.0700 e. The Bertz CT molecular complexity index is 512. The summed E-state index contributed by atoms with van der Waals surface area (Å²) in [5.74, 6) is 0. The Hall–Kier alpha value is -1.38. The van der Waals surface area contributed by atoms with Crippen molar-refractivity contribution in [3.63, 3.8) is 0 Å². The van der Waals surface area contributed by atoms with Gasteiger partial charge in [-0.25, -0.2) is 0 Å². The van der Waals surface area contributed by atoms with E-state index in [0.717, 1.165) is 19.7 Å². The monoisotopic (exact) mass is 241 g/mol. The van der Waals surface area contributed by atoms with Crippen LogP contribution < -0.4 is 5.32 Å². The standard InChI is InChI=1S/C16H19NO/c1-2-9-16-13(5-1)6-3-7-14(16)11-17-12-15-8-4-10-18-15/h1-3,5-7,9,15,17H,4,8,10-12H2/t15-/m0/s1. The van der Waals surface area contributed by atoms with Crippen LogP contribution in [0.2, 0.25) is 0 Å². The van der Waals surface area contributed by atoms with Crippen LogP contribution in [0.15, 0.2) is 42.5 Å². The zero-order chi connectivity index (χ0) is 12.2. The SMILES string of the molecule is c1ccc2c(CNC[C@@H]3CCCO3)cccc2c1. The van der Waals surface area contributed by atoms with E-state index in [9.17, 15) is 0 Å². The summed E-state index contributed by atoms with van der Waals surface area (Å²) in [5, 5.41) is 6.17. The molecular formula is C16H19NO. The zero-order valence-corrected chi connectivity index (χ0v) is 10.6. The smallest absolute Gasteiger partial charge is 0.0700 e. The number of rotatable bonds is 4. The lowest BCUT2D eigenvalue weighted by Crippen LogP contribution is -2.25. The highest BCUT2D eigenvalue weighted by Crippen LogP contribution is 2.18. The summed E-state index contributed by atoms with van der Waals surface area (Å²) >= 11 is 0. The molecule has 1 heterocycles. The van der Waals surface area contributed by atoms with E-state index in [2.05, 4.69) is 47.8 Å². The Morgan fingerprint density at radius 3 is 2.89 bits per heavy atom. The average Bonchev–Trinajstić information content (AvgIpc) is 2.92. The third kappa shape index (κ3) is 2.55. The molecule has 1 N–H and O–H groups in total. The lowest BCUT2D eigenvalue weighted by Gasteiger charge is -2.12. The van der Waals surface area contributed by atoms with Crippen molar-refractivity contribution in [3.05, 3.63) is 48.0 Å². The Morgan fingerprint density at radius 1 is 1.11 bits per heavy atom. The molecule has 2 nitrogen and oxygen atoms in total. The predicted octanol–water partition coefficient (Wildman–Crippen LogP) is 3.11. The minimum atomic E-state index is 0.417. The van der Waals surface area contributed by atoms with Gasteiger partial charge in [0.15, 0.2) is 0 Å². The van der Waals surface area contributed by atoms with Gasteiger partial charge in [0.1, 0.15) is 0 Å². The van der Waals surface area contributed by atoms with Crippen molar-refractivity contribution in [1.29, 1.82) is 0 Å². The fraction of sp³-hybridized carbons (Fsp3) is 0.375. The van der Waals surface area contributed by atoms with Gasteiger partial charge in [-0.3, -0.25) is 0 Å². The number of benzene rings is 2. The van der Waals surface area contributed by atoms with Crippen molar-refractivity contribution in [3.8, 4) is 0 Å². The molecule has 3 rings (SSSR count). The Labute approximate surface area is 108 Å². The lowest BCUT2D eigenvalue weighted by atomic mass is 10.0. The van der Waals surface area contributed by atoms with Crippen molar-refractivity contribution in [2.75, 3.05) is 13.2 Å². The first-order valence-corrected chi connectivity index (χ1v) is 6.72. The summed E-state index contributed by atoms with van der Waals surface area (Å²) < 4.78 is 5.62. The highest BCUT2D eigenvalue weighted by atomic mass is 16.5. The molecule has 0 radical (unpaired) electrons. The molecule has 2 heteroatoms. The molecule has 1 fully saturated rings. The Balaban J connectivity index is 1.66. The number of ether oxygens (including phenoxy) is 1. The average molecular weight is 241 g/mol. The molecule has 1 aliphatic rings. The first kappa shape index (κ1) is 11.7. The number of nitrogens with one attached hydrogen (secondary N) is 1. The fourth-order valence-corrected chi connectivity index (χ4v) is 2.62. The van der Waals surface area contributed by atoms with Crippen LogP contribution in [0.4, 0.5) is 0 Å². The van der Waals surface area contributed by atoms with Gasteiger partial charge in [0.25, 0.3) is 0 Å². The summed E-state index contributed by atoms with van der Waals surface area (Å²) in [6.45, 7) is 2.81. The highest BCUT2D eigenvalue weighted by molar-refractivity contribution is 5.85. The largest absolute Gasteiger partial charge is 0.377 e. The molecule has 1 saturated heterocycles. The maximum atomic E-state index is 5.62. The van der Waals surface area contributed by atoms with Gasteiger partial charge in [-0.05, 0) is 29.2 Å². The van der Waals surface area contributed by atoms with E-state index in [4.69, 9.17) is 4.74 Å². The van der Waals surface area contributed by atoms with Crippen molar-refractivity contribution < 1.29 is 4.74 Å². The normalized spacial score (nSPS) is 19.4. The van der Waals surface area contributed by atoms with Gasteiger partial charge in [0.2, 0.25) is 0 Å². The Morgan fingerprint density at radius 2 is 2.00 bits per heavy atom. The van der Waals surface area contributed by atoms with Crippen molar-refractivity contribution in [2.24, 2.45) is 0 Å². The molecule has 18 heavy (non-hydrogen) atoms. The molecule has 1 atom stereocenters. The highest BCUT2D eigenvalue weighted by Gasteiger charge is 2.14. The molecule has 94 valence electrons. The van der Waals surface area contributed by atoms with Gasteiger partial charge < -0.3 is 10.1 Å². The van der Waals surface area contributed by atoms with Gasteiger partial charge in [-0.1, -0.05) is 42.5 Å². The molecule has 0 aliphatic carbocycles. The topological polar surface area (TPSA) is 21.3 Å². The van der Waals surface area contributed by atoms with E-state index in [1.165, 1.54) is 29.2 Å². The van der Waals surface area contributed by atoms with Gasteiger partial charge in [-0.15, -0.1) is 0 Å². The summed E-state index contributed by atoms with van der Waals surface area (Å²) in [6.07, 6.45) is 2.82. The molecule has 0 amide bonds. The summed E-state index contributed by atoms with van der Waals surface area (Å²) in [6, 6.07) is 15.0. The molecule has 0 spiro atoms. The minimum Gasteiger partial charge on any atom is -0.377 e. The number of hydrogen-bond donors (Lipinski definition) is 1. The van der Waals surface area contributed by atoms with Crippen molar-refractivity contribution in [1.82, 2.24) is 5.32 Å². The molecule has 0 aromatic heterocycles. The summed E-state index contributed by atoms with van der Waals surface area (Å²) in [5.41, 5.74) is 1.37. The number of fused-ring (bicyclic) bond motifs is 1. The van der Waals surface area contributed by atoms with E-state index in [1.54, 1.807) is 0 Å². The molecule has 0 unspecified atom stereocenters. The summed E-state index contributed by atoms with van der Waals surface area (Å²) in [7, 11) is 0. The van der Waals surface area contributed by atoms with Crippen LogP contribution in [0.3, 0.4) is 0 Å². The van der Waals surface area contributed by atoms with Gasteiger partial charge in [-0.2, -0.15) is 0 Å². The lowest BCUT2D eigenvalue weighted by molar-refractivity contribution is 0.110. The quantitative estimate of drug-likeness (QED) is 0.888. The van der Waals surface area contributed by atoms with Crippen LogP contribution in [0.1, 0.15) is 18.4 Å². The minimum absolute atomic E-state index is 0.417. The first-order chi connectivity index (χ1) is 8.93. The van der Waals surface area contributed by atoms with Crippen LogP contribution in [0, 0.1) is 0 Å². The van der Waals surface area contributed by atoms with Crippen molar-refractivity contribution >= 4 is 10.8 Å². The van der Waals surface area contributed by atoms with Crippen LogP contribution in [0.5, 0.6) is 0 Å². The first-order valence-electron chi connectivity index (χ1n) is 6.72. The molecule has 0 saturated carbocycles. The molecule has 0 bridgehead atoms. The van der Waals surface area contributed by atoms with Gasteiger partial charge in [0, 0.05) is 19.7 Å². The van der Waals surface area contributed by atoms with E-state index >= 15 is 0 Å². The van der Waals surface area contributed by atoms with E-state index in [0.29, 0.717) is 6.10 Å².